The molecule has 0 saturated carbocycles. The number of nitrogens with one attached hydrogen (secondary N) is 1. The van der Waals surface area contributed by atoms with Crippen LogP contribution in [0.4, 0.5) is 11.4 Å². The van der Waals surface area contributed by atoms with Gasteiger partial charge in [-0.05, 0) is 55.8 Å². The Balaban J connectivity index is 1.66. The number of hydrogen-bond donors (Lipinski definition) is 1. The summed E-state index contributed by atoms with van der Waals surface area (Å²) >= 11 is 0. The van der Waals surface area contributed by atoms with Gasteiger partial charge in [0.05, 0.1) is 11.8 Å². The Morgan fingerprint density at radius 3 is 2.40 bits per heavy atom. The van der Waals surface area contributed by atoms with Crippen molar-refractivity contribution in [2.45, 2.75) is 25.9 Å². The molecule has 0 bridgehead atoms. The Bertz CT molecular complexity index is 1080. The van der Waals surface area contributed by atoms with Crippen LogP contribution in [0, 0.1) is 0 Å². The second-order valence-corrected chi connectivity index (χ2v) is 8.81. The van der Waals surface area contributed by atoms with E-state index < -0.39 is 27.9 Å². The van der Waals surface area contributed by atoms with Crippen LogP contribution in [0.3, 0.4) is 0 Å². The van der Waals surface area contributed by atoms with E-state index in [4.69, 9.17) is 4.74 Å². The van der Waals surface area contributed by atoms with Gasteiger partial charge < -0.3 is 9.64 Å². The number of hydrogen-bond acceptors (Lipinski definition) is 6. The molecule has 2 aromatic rings. The maximum absolute atomic E-state index is 12.6. The molecule has 0 radical (unpaired) electrons. The maximum atomic E-state index is 12.6. The minimum Gasteiger partial charge on any atom is -0.451 e. The molecule has 8 nitrogen and oxygen atoms in total. The van der Waals surface area contributed by atoms with Gasteiger partial charge in [-0.25, -0.2) is 13.2 Å². The van der Waals surface area contributed by atoms with E-state index in [2.05, 4.69) is 4.72 Å². The standard InChI is InChI=1S/C21H22N2O6S/c1-14(20(25)15-8-10-17(11-9-15)22-30(2,27)28)29-21(26)16-5-3-6-18(13-16)23-12-4-7-19(23)24/h3,5-6,8-11,13-14,22H,4,7,12H2,1-2H3. The zero-order valence-corrected chi connectivity index (χ0v) is 17.4. The quantitative estimate of drug-likeness (QED) is 0.534. The molecule has 1 aliphatic rings. The molecular weight excluding hydrogens is 408 g/mol. The van der Waals surface area contributed by atoms with Crippen LogP contribution in [0.1, 0.15) is 40.5 Å². The number of benzene rings is 2. The molecule has 9 heteroatoms. The number of nitrogens with zero attached hydrogens (tertiary/aromatic N) is 1. The Kier molecular flexibility index (Phi) is 6.21. The lowest BCUT2D eigenvalue weighted by atomic mass is 10.1. The van der Waals surface area contributed by atoms with Gasteiger partial charge >= 0.3 is 5.97 Å². The second-order valence-electron chi connectivity index (χ2n) is 7.06. The molecule has 30 heavy (non-hydrogen) atoms. The van der Waals surface area contributed by atoms with E-state index in [9.17, 15) is 22.8 Å². The number of anilines is 2. The predicted molar refractivity (Wildman–Crippen MR) is 112 cm³/mol. The van der Waals surface area contributed by atoms with Crippen LogP contribution < -0.4 is 9.62 Å². The summed E-state index contributed by atoms with van der Waals surface area (Å²) in [6, 6.07) is 12.4. The molecule has 2 aromatic carbocycles. The van der Waals surface area contributed by atoms with Gasteiger partial charge in [-0.2, -0.15) is 0 Å². The average molecular weight is 430 g/mol. The molecule has 1 heterocycles. The number of sulfonamides is 1. The van der Waals surface area contributed by atoms with E-state index in [1.807, 2.05) is 0 Å². The number of ether oxygens (including phenoxy) is 1. The van der Waals surface area contributed by atoms with E-state index in [1.54, 1.807) is 29.2 Å². The minimum absolute atomic E-state index is 0.0119. The molecule has 3 rings (SSSR count). The third-order valence-electron chi connectivity index (χ3n) is 4.59. The first-order chi connectivity index (χ1) is 14.1. The number of ketones is 1. The maximum Gasteiger partial charge on any atom is 0.338 e. The van der Waals surface area contributed by atoms with E-state index in [-0.39, 0.29) is 17.0 Å². The van der Waals surface area contributed by atoms with E-state index in [1.165, 1.54) is 31.2 Å². The number of carbonyl (C=O) groups is 3. The van der Waals surface area contributed by atoms with Crippen molar-refractivity contribution in [3.8, 4) is 0 Å². The normalized spacial score (nSPS) is 15.0. The molecule has 0 aromatic heterocycles. The largest absolute Gasteiger partial charge is 0.451 e. The van der Waals surface area contributed by atoms with Crippen molar-refractivity contribution in [3.63, 3.8) is 0 Å². The topological polar surface area (TPSA) is 110 Å². The Morgan fingerprint density at radius 2 is 1.80 bits per heavy atom. The van der Waals surface area contributed by atoms with E-state index in [0.717, 1.165) is 12.7 Å². The highest BCUT2D eigenvalue weighted by Gasteiger charge is 2.24. The summed E-state index contributed by atoms with van der Waals surface area (Å²) in [5, 5.41) is 0. The van der Waals surface area contributed by atoms with Gasteiger partial charge in [0, 0.05) is 29.9 Å². The minimum atomic E-state index is -3.42. The fourth-order valence-corrected chi connectivity index (χ4v) is 3.72. The summed E-state index contributed by atoms with van der Waals surface area (Å²) in [5.41, 5.74) is 1.48. The third kappa shape index (κ3) is 5.24. The molecule has 1 saturated heterocycles. The molecular formula is C21H22N2O6S. The first-order valence-corrected chi connectivity index (χ1v) is 11.3. The molecule has 1 fully saturated rings. The average Bonchev–Trinajstić information content (AvgIpc) is 3.12. The lowest BCUT2D eigenvalue weighted by Crippen LogP contribution is -2.26. The number of Topliss-reactive ketones (excluding diaryl/α,β-unsaturated/α-hetero) is 1. The van der Waals surface area contributed by atoms with Crippen LogP contribution in [0.25, 0.3) is 0 Å². The van der Waals surface area contributed by atoms with Gasteiger partial charge in [0.15, 0.2) is 6.10 Å². The summed E-state index contributed by atoms with van der Waals surface area (Å²) in [5.74, 6) is -1.07. The number of rotatable bonds is 7. The van der Waals surface area contributed by atoms with Crippen LogP contribution in [-0.4, -0.2) is 45.0 Å². The predicted octanol–water partition coefficient (Wildman–Crippen LogP) is 2.61. The van der Waals surface area contributed by atoms with Crippen LogP contribution in [0.5, 0.6) is 0 Å². The molecule has 1 unspecified atom stereocenters. The van der Waals surface area contributed by atoms with Crippen molar-refractivity contribution >= 4 is 39.1 Å². The van der Waals surface area contributed by atoms with Crippen molar-refractivity contribution in [2.24, 2.45) is 0 Å². The fourth-order valence-electron chi connectivity index (χ4n) is 3.16. The summed E-state index contributed by atoms with van der Waals surface area (Å²) < 4.78 is 30.1. The SMILES string of the molecule is CC(OC(=O)c1cccc(N2CCCC2=O)c1)C(=O)c1ccc(NS(C)(=O)=O)cc1. The molecule has 1 N–H and O–H groups in total. The highest BCUT2D eigenvalue weighted by atomic mass is 32.2. The summed E-state index contributed by atoms with van der Waals surface area (Å²) in [4.78, 5) is 38.6. The molecule has 0 aliphatic carbocycles. The van der Waals surface area contributed by atoms with Crippen molar-refractivity contribution < 1.29 is 27.5 Å². The summed E-state index contributed by atoms with van der Waals surface area (Å²) in [7, 11) is -3.42. The van der Waals surface area contributed by atoms with Gasteiger partial charge in [0.2, 0.25) is 21.7 Å². The monoisotopic (exact) mass is 430 g/mol. The number of esters is 1. The van der Waals surface area contributed by atoms with Crippen LogP contribution in [-0.2, 0) is 19.6 Å². The first kappa shape index (κ1) is 21.5. The van der Waals surface area contributed by atoms with Crippen molar-refractivity contribution in [2.75, 3.05) is 22.4 Å². The van der Waals surface area contributed by atoms with Crippen molar-refractivity contribution in [1.82, 2.24) is 0 Å². The van der Waals surface area contributed by atoms with Gasteiger partial charge in [-0.1, -0.05) is 6.07 Å². The highest BCUT2D eigenvalue weighted by molar-refractivity contribution is 7.92. The highest BCUT2D eigenvalue weighted by Crippen LogP contribution is 2.23. The lowest BCUT2D eigenvalue weighted by Gasteiger charge is -2.17. The Hall–Kier alpha value is -3.20. The van der Waals surface area contributed by atoms with Crippen LogP contribution in [0.2, 0.25) is 0 Å². The lowest BCUT2D eigenvalue weighted by molar-refractivity contribution is -0.117. The third-order valence-corrected chi connectivity index (χ3v) is 5.20. The van der Waals surface area contributed by atoms with Gasteiger partial charge in [-0.3, -0.25) is 14.3 Å². The van der Waals surface area contributed by atoms with Crippen molar-refractivity contribution in [1.29, 1.82) is 0 Å². The molecule has 0 spiro atoms. The van der Waals surface area contributed by atoms with Gasteiger partial charge in [-0.15, -0.1) is 0 Å². The summed E-state index contributed by atoms with van der Waals surface area (Å²) in [6.07, 6.45) is 1.25. The van der Waals surface area contributed by atoms with Crippen LogP contribution >= 0.6 is 0 Å². The van der Waals surface area contributed by atoms with Gasteiger partial charge in [0.1, 0.15) is 0 Å². The first-order valence-electron chi connectivity index (χ1n) is 9.37. The van der Waals surface area contributed by atoms with E-state index >= 15 is 0 Å². The number of amides is 1. The second kappa shape index (κ2) is 8.66. The molecule has 1 amide bonds. The number of carbonyl (C=O) groups excluding carboxylic acids is 3. The van der Waals surface area contributed by atoms with E-state index in [0.29, 0.717) is 24.3 Å². The Labute approximate surface area is 174 Å². The Morgan fingerprint density at radius 1 is 1.10 bits per heavy atom. The van der Waals surface area contributed by atoms with Crippen molar-refractivity contribution in [3.05, 3.63) is 59.7 Å². The molecule has 1 atom stereocenters. The zero-order chi connectivity index (χ0) is 21.9. The summed E-state index contributed by atoms with van der Waals surface area (Å²) in [6.45, 7) is 2.08. The smallest absolute Gasteiger partial charge is 0.338 e. The molecule has 158 valence electrons. The molecule has 1 aliphatic heterocycles. The fraction of sp³-hybridized carbons (Fsp3) is 0.286. The zero-order valence-electron chi connectivity index (χ0n) is 16.6. The van der Waals surface area contributed by atoms with Crippen LogP contribution in [0.15, 0.2) is 48.5 Å². The van der Waals surface area contributed by atoms with Gasteiger partial charge in [0.25, 0.3) is 0 Å².